The van der Waals surface area contributed by atoms with Crippen LogP contribution in [-0.2, 0) is 0 Å². The fourth-order valence-corrected chi connectivity index (χ4v) is 14.3. The van der Waals surface area contributed by atoms with Crippen LogP contribution in [0.25, 0.3) is 0 Å². The Balaban J connectivity index is 4.70. The molecule has 0 saturated carbocycles. The summed E-state index contributed by atoms with van der Waals surface area (Å²) in [6, 6.07) is 0. The van der Waals surface area contributed by atoms with E-state index in [1.165, 1.54) is 0 Å². The fourth-order valence-electron chi connectivity index (χ4n) is 1.59. The van der Waals surface area contributed by atoms with Gasteiger partial charge in [-0.2, -0.15) is 0 Å². The normalized spacial score (nSPS) is 14.5. The Bertz CT molecular complexity index is 136. The first-order chi connectivity index (χ1) is 5.07. The molecule has 0 aromatic rings. The molecule has 6 heteroatoms. The van der Waals surface area contributed by atoms with Gasteiger partial charge in [0.15, 0.2) is 0 Å². The zero-order chi connectivity index (χ0) is 10.2. The highest BCUT2D eigenvalue weighted by atomic mass is 28.5. The average molecular weight is 227 g/mol. The molecular weight excluding hydrogens is 208 g/mol. The van der Waals surface area contributed by atoms with Crippen molar-refractivity contribution in [2.75, 3.05) is 0 Å². The summed E-state index contributed by atoms with van der Waals surface area (Å²) < 4.78 is 27.3. The maximum Gasteiger partial charge on any atom is 0.479 e. The number of hydrogen-bond donors (Lipinski definition) is 0. The quantitative estimate of drug-likeness (QED) is 0.529. The summed E-state index contributed by atoms with van der Waals surface area (Å²) in [7, 11) is -7.14. The van der Waals surface area contributed by atoms with Gasteiger partial charge in [0.25, 0.3) is 0 Å². The summed E-state index contributed by atoms with van der Waals surface area (Å²) in [4.78, 5) is 0. The number of halogens is 2. The molecule has 0 amide bonds. The average Bonchev–Trinajstić information content (AvgIpc) is 1.49. The molecule has 0 bridgehead atoms. The van der Waals surface area contributed by atoms with E-state index in [0.29, 0.717) is 0 Å². The third kappa shape index (κ3) is 3.46. The van der Waals surface area contributed by atoms with Gasteiger partial charge in [0, 0.05) is 0 Å². The molecule has 0 N–H and O–H groups in total. The molecule has 0 heterocycles. The molecule has 0 rings (SSSR count). The predicted octanol–water partition coefficient (Wildman–Crippen LogP) is 2.61. The molecule has 0 aliphatic rings. The Labute approximate surface area is 78.0 Å². The van der Waals surface area contributed by atoms with Gasteiger partial charge >= 0.3 is 9.63 Å². The Kier molecular flexibility index (Phi) is 3.83. The summed E-state index contributed by atoms with van der Waals surface area (Å²) in [5.74, 6) is 0. The monoisotopic (exact) mass is 227 g/mol. The lowest BCUT2D eigenvalue weighted by Gasteiger charge is -2.42. The minimum absolute atomic E-state index is 1.62. The molecular formula is C6H19F2NSi3. The van der Waals surface area contributed by atoms with Gasteiger partial charge in [-0.3, -0.25) is 8.22 Å². The van der Waals surface area contributed by atoms with Crippen LogP contribution in [0.4, 0.5) is 8.22 Å². The summed E-state index contributed by atoms with van der Waals surface area (Å²) in [5.41, 5.74) is 0. The van der Waals surface area contributed by atoms with Gasteiger partial charge in [-0.15, -0.1) is 0 Å². The van der Waals surface area contributed by atoms with E-state index in [0.717, 1.165) is 0 Å². The van der Waals surface area contributed by atoms with Gasteiger partial charge in [-0.05, 0) is 0 Å². The first kappa shape index (κ1) is 12.5. The van der Waals surface area contributed by atoms with Crippen LogP contribution in [0.3, 0.4) is 0 Å². The molecule has 12 heavy (non-hydrogen) atoms. The third-order valence-corrected chi connectivity index (χ3v) is 14.8. The lowest BCUT2D eigenvalue weighted by Crippen LogP contribution is -2.63. The molecule has 0 aromatic carbocycles. The molecule has 74 valence electrons. The Morgan fingerprint density at radius 3 is 1.08 bits per heavy atom. The van der Waals surface area contributed by atoms with E-state index < -0.39 is 26.1 Å². The van der Waals surface area contributed by atoms with Gasteiger partial charge in [0.2, 0.25) is 0 Å². The zero-order valence-corrected chi connectivity index (χ0v) is 11.9. The highest BCUT2D eigenvalue weighted by Crippen LogP contribution is 2.21. The van der Waals surface area contributed by atoms with E-state index in [2.05, 4.69) is 0 Å². The first-order valence-electron chi connectivity index (χ1n) is 4.14. The van der Waals surface area contributed by atoms with Crippen LogP contribution in [0, 0.1) is 0 Å². The van der Waals surface area contributed by atoms with Crippen molar-refractivity contribution in [3.63, 3.8) is 0 Å². The molecule has 0 fully saturated rings. The zero-order valence-electron chi connectivity index (χ0n) is 8.78. The van der Waals surface area contributed by atoms with Crippen LogP contribution in [-0.4, -0.2) is 30.0 Å². The second-order valence-electron chi connectivity index (χ2n) is 4.99. The SMILES string of the molecule is C[Si](C)(C)N([SiH](F)F)[Si](C)(C)C. The highest BCUT2D eigenvalue weighted by Gasteiger charge is 2.41. The number of rotatable bonds is 3. The van der Waals surface area contributed by atoms with E-state index in [9.17, 15) is 8.22 Å². The maximum atomic E-state index is 12.8. The van der Waals surface area contributed by atoms with Crippen LogP contribution >= 0.6 is 0 Å². The fraction of sp³-hybridized carbons (Fsp3) is 1.00. The summed E-state index contributed by atoms with van der Waals surface area (Å²) >= 11 is 0. The number of nitrogens with zero attached hydrogens (tertiary/aromatic N) is 1. The summed E-state index contributed by atoms with van der Waals surface area (Å²) in [6.45, 7) is 12.0. The van der Waals surface area contributed by atoms with Crippen LogP contribution in [0.15, 0.2) is 0 Å². The van der Waals surface area contributed by atoms with Crippen molar-refractivity contribution in [2.45, 2.75) is 39.3 Å². The Morgan fingerprint density at radius 1 is 0.833 bits per heavy atom. The molecule has 0 spiro atoms. The smallest absolute Gasteiger partial charge is 0.320 e. The third-order valence-electron chi connectivity index (χ3n) is 1.64. The van der Waals surface area contributed by atoms with Crippen LogP contribution < -0.4 is 0 Å². The molecule has 0 aliphatic heterocycles. The largest absolute Gasteiger partial charge is 0.479 e. The lowest BCUT2D eigenvalue weighted by molar-refractivity contribution is 0.583. The Hall–Kier alpha value is 0.471. The minimum atomic E-state index is -3.58. The molecule has 0 atom stereocenters. The maximum absolute atomic E-state index is 12.8. The van der Waals surface area contributed by atoms with Gasteiger partial charge in [-0.1, -0.05) is 39.3 Å². The van der Waals surface area contributed by atoms with Crippen molar-refractivity contribution in [1.29, 1.82) is 0 Å². The minimum Gasteiger partial charge on any atom is -0.320 e. The van der Waals surface area contributed by atoms with Crippen molar-refractivity contribution in [2.24, 2.45) is 0 Å². The first-order valence-corrected chi connectivity index (χ1v) is 12.4. The lowest BCUT2D eigenvalue weighted by atomic mass is 11.8. The molecule has 0 radical (unpaired) electrons. The predicted molar refractivity (Wildman–Crippen MR) is 57.9 cm³/mol. The van der Waals surface area contributed by atoms with Crippen molar-refractivity contribution in [1.82, 2.24) is 3.90 Å². The molecule has 0 unspecified atom stereocenters. The topological polar surface area (TPSA) is 3.24 Å². The molecule has 1 nitrogen and oxygen atoms in total. The van der Waals surface area contributed by atoms with E-state index in [1.54, 1.807) is 3.90 Å². The van der Waals surface area contributed by atoms with Gasteiger partial charge < -0.3 is 3.90 Å². The van der Waals surface area contributed by atoms with E-state index in [4.69, 9.17) is 0 Å². The van der Waals surface area contributed by atoms with Gasteiger partial charge in [-0.25, -0.2) is 0 Å². The summed E-state index contributed by atoms with van der Waals surface area (Å²) in [5, 5.41) is 0. The van der Waals surface area contributed by atoms with Crippen LogP contribution in [0.5, 0.6) is 0 Å². The highest BCUT2D eigenvalue weighted by molar-refractivity contribution is 6.97. The van der Waals surface area contributed by atoms with E-state index in [-0.39, 0.29) is 0 Å². The van der Waals surface area contributed by atoms with Gasteiger partial charge in [0.1, 0.15) is 16.5 Å². The molecule has 0 aliphatic carbocycles. The molecule has 0 aromatic heterocycles. The second kappa shape index (κ2) is 3.69. The van der Waals surface area contributed by atoms with Crippen LogP contribution in [0.2, 0.25) is 39.3 Å². The standard InChI is InChI=1S/C6H19F2NSi3/c1-11(2,3)9(10(7)8)12(4,5)6/h10H,1-6H3. The van der Waals surface area contributed by atoms with E-state index in [1.807, 2.05) is 39.3 Å². The summed E-state index contributed by atoms with van der Waals surface area (Å²) in [6.07, 6.45) is 0. The van der Waals surface area contributed by atoms with Crippen molar-refractivity contribution < 1.29 is 8.22 Å². The second-order valence-corrected chi connectivity index (χ2v) is 17.2. The number of hydrogen-bond acceptors (Lipinski definition) is 1. The van der Waals surface area contributed by atoms with Crippen molar-refractivity contribution >= 4 is 26.1 Å². The van der Waals surface area contributed by atoms with Crippen molar-refractivity contribution in [3.8, 4) is 0 Å². The van der Waals surface area contributed by atoms with Crippen LogP contribution in [0.1, 0.15) is 0 Å². The van der Waals surface area contributed by atoms with Gasteiger partial charge in [0.05, 0.1) is 0 Å². The van der Waals surface area contributed by atoms with Crippen molar-refractivity contribution in [3.05, 3.63) is 0 Å². The molecule has 0 saturated heterocycles. The Morgan fingerprint density at radius 2 is 1.08 bits per heavy atom. The van der Waals surface area contributed by atoms with E-state index >= 15 is 0 Å².